The van der Waals surface area contributed by atoms with Crippen LogP contribution in [0.3, 0.4) is 0 Å². The van der Waals surface area contributed by atoms with Crippen molar-refractivity contribution in [1.82, 2.24) is 4.67 Å². The second kappa shape index (κ2) is 8.14. The van der Waals surface area contributed by atoms with E-state index in [1.165, 1.54) is 11.1 Å². The largest absolute Gasteiger partial charge is 0.334 e. The molecule has 0 N–H and O–H groups in total. The van der Waals surface area contributed by atoms with Gasteiger partial charge in [-0.05, 0) is 56.5 Å². The number of hydrogen-bond acceptors (Lipinski definition) is 2. The Morgan fingerprint density at radius 2 is 1.68 bits per heavy atom. The lowest BCUT2D eigenvalue weighted by molar-refractivity contribution is 0.148. The van der Waals surface area contributed by atoms with Gasteiger partial charge in [-0.1, -0.05) is 60.7 Å². The molecule has 134 valence electrons. The van der Waals surface area contributed by atoms with Crippen molar-refractivity contribution in [2.45, 2.75) is 51.4 Å². The molecule has 1 saturated heterocycles. The summed E-state index contributed by atoms with van der Waals surface area (Å²) in [4.78, 5) is 0. The standard InChI is InChI=1S/C21H28NOPS/c1-17(2)22-15-14-18(3)23-24(22,25)21(20-12-8-5-9-13-20)16-19-10-6-4-7-11-19/h4-13,17-18,21H,14-16H2,1-3H3/t18-,21+,24-/m0/s1. The van der Waals surface area contributed by atoms with Gasteiger partial charge in [-0.25, -0.2) is 0 Å². The highest BCUT2D eigenvalue weighted by molar-refractivity contribution is 8.11. The average molecular weight is 374 g/mol. The predicted octanol–water partition coefficient (Wildman–Crippen LogP) is 5.80. The molecule has 2 aromatic rings. The molecule has 0 aromatic heterocycles. The van der Waals surface area contributed by atoms with Crippen LogP contribution in [0.5, 0.6) is 0 Å². The Morgan fingerprint density at radius 1 is 1.08 bits per heavy atom. The highest BCUT2D eigenvalue weighted by Crippen LogP contribution is 2.67. The molecular weight excluding hydrogens is 345 g/mol. The van der Waals surface area contributed by atoms with E-state index in [1.807, 2.05) is 0 Å². The second-order valence-electron chi connectivity index (χ2n) is 7.14. The maximum absolute atomic E-state index is 6.59. The van der Waals surface area contributed by atoms with Gasteiger partial charge < -0.3 is 4.52 Å². The zero-order chi connectivity index (χ0) is 17.9. The molecule has 3 rings (SSSR count). The summed E-state index contributed by atoms with van der Waals surface area (Å²) in [6.45, 7) is 7.69. The fourth-order valence-corrected chi connectivity index (χ4v) is 8.71. The van der Waals surface area contributed by atoms with Crippen molar-refractivity contribution in [3.05, 3.63) is 71.8 Å². The number of nitrogens with zero attached hydrogens (tertiary/aromatic N) is 1. The molecule has 1 fully saturated rings. The van der Waals surface area contributed by atoms with E-state index in [9.17, 15) is 0 Å². The van der Waals surface area contributed by atoms with Crippen LogP contribution in [0.25, 0.3) is 0 Å². The van der Waals surface area contributed by atoms with Crippen LogP contribution in [-0.4, -0.2) is 23.4 Å². The molecule has 0 bridgehead atoms. The molecule has 3 atom stereocenters. The Labute approximate surface area is 157 Å². The van der Waals surface area contributed by atoms with Crippen molar-refractivity contribution in [3.8, 4) is 0 Å². The van der Waals surface area contributed by atoms with Crippen LogP contribution in [0.2, 0.25) is 0 Å². The monoisotopic (exact) mass is 373 g/mol. The Bertz CT molecular complexity index is 719. The molecule has 1 heterocycles. The molecule has 1 aliphatic rings. The van der Waals surface area contributed by atoms with E-state index >= 15 is 0 Å². The third-order valence-corrected chi connectivity index (χ3v) is 9.86. The van der Waals surface area contributed by atoms with Crippen LogP contribution in [0, 0.1) is 0 Å². The lowest BCUT2D eigenvalue weighted by atomic mass is 10.0. The third-order valence-electron chi connectivity index (χ3n) is 4.90. The Hall–Kier alpha value is -0.990. The molecule has 4 heteroatoms. The minimum atomic E-state index is -2.17. The zero-order valence-electron chi connectivity index (χ0n) is 15.3. The first kappa shape index (κ1) is 18.8. The molecular formula is C21H28NOPS. The van der Waals surface area contributed by atoms with Crippen LogP contribution in [0.15, 0.2) is 60.7 Å². The van der Waals surface area contributed by atoms with Crippen LogP contribution < -0.4 is 0 Å². The van der Waals surface area contributed by atoms with Crippen LogP contribution in [-0.2, 0) is 22.8 Å². The molecule has 0 unspecified atom stereocenters. The summed E-state index contributed by atoms with van der Waals surface area (Å²) in [5.74, 6) is 0. The van der Waals surface area contributed by atoms with Crippen molar-refractivity contribution in [2.75, 3.05) is 6.54 Å². The molecule has 2 aromatic carbocycles. The van der Waals surface area contributed by atoms with Gasteiger partial charge in [-0.2, -0.15) is 0 Å². The van der Waals surface area contributed by atoms with Gasteiger partial charge in [0.25, 0.3) is 0 Å². The van der Waals surface area contributed by atoms with Gasteiger partial charge >= 0.3 is 0 Å². The highest BCUT2D eigenvalue weighted by Gasteiger charge is 2.42. The second-order valence-corrected chi connectivity index (χ2v) is 11.2. The predicted molar refractivity (Wildman–Crippen MR) is 111 cm³/mol. The lowest BCUT2D eigenvalue weighted by Gasteiger charge is -2.47. The van der Waals surface area contributed by atoms with Crippen molar-refractivity contribution in [3.63, 3.8) is 0 Å². The molecule has 1 aliphatic heterocycles. The van der Waals surface area contributed by atoms with Gasteiger partial charge in [0.2, 0.25) is 0 Å². The van der Waals surface area contributed by atoms with Crippen LogP contribution >= 0.6 is 6.42 Å². The molecule has 2 nitrogen and oxygen atoms in total. The van der Waals surface area contributed by atoms with E-state index in [2.05, 4.69) is 86.1 Å². The summed E-state index contributed by atoms with van der Waals surface area (Å²) < 4.78 is 9.06. The first-order valence-corrected chi connectivity index (χ1v) is 11.9. The summed E-state index contributed by atoms with van der Waals surface area (Å²) in [5, 5.41) is 0. The maximum atomic E-state index is 6.59. The smallest absolute Gasteiger partial charge is 0.140 e. The van der Waals surface area contributed by atoms with Crippen LogP contribution in [0.1, 0.15) is 44.0 Å². The summed E-state index contributed by atoms with van der Waals surface area (Å²) in [6, 6.07) is 21.8. The van der Waals surface area contributed by atoms with Gasteiger partial charge in [0, 0.05) is 12.6 Å². The van der Waals surface area contributed by atoms with Gasteiger partial charge in [0.05, 0.1) is 11.8 Å². The Morgan fingerprint density at radius 3 is 2.28 bits per heavy atom. The first-order valence-electron chi connectivity index (χ1n) is 9.15. The topological polar surface area (TPSA) is 12.5 Å². The SMILES string of the molecule is CC(C)N1CC[C@H](C)O[P@]1(=S)[C@H](Cc1ccccc1)c1ccccc1. The molecule has 0 aliphatic carbocycles. The number of hydrogen-bond donors (Lipinski definition) is 0. The summed E-state index contributed by atoms with van der Waals surface area (Å²) in [5.41, 5.74) is 2.84. The van der Waals surface area contributed by atoms with Gasteiger partial charge in [-0.15, -0.1) is 0 Å². The highest BCUT2D eigenvalue weighted by atomic mass is 32.4. The van der Waals surface area contributed by atoms with E-state index in [1.54, 1.807) is 0 Å². The molecule has 0 saturated carbocycles. The van der Waals surface area contributed by atoms with Gasteiger partial charge in [0.1, 0.15) is 6.42 Å². The molecule has 25 heavy (non-hydrogen) atoms. The normalized spacial score (nSPS) is 25.8. The van der Waals surface area contributed by atoms with Crippen molar-refractivity contribution >= 4 is 18.2 Å². The van der Waals surface area contributed by atoms with E-state index in [0.717, 1.165) is 19.4 Å². The minimum absolute atomic E-state index is 0.219. The van der Waals surface area contributed by atoms with E-state index in [-0.39, 0.29) is 11.8 Å². The number of benzene rings is 2. The van der Waals surface area contributed by atoms with Crippen LogP contribution in [0.4, 0.5) is 0 Å². The lowest BCUT2D eigenvalue weighted by Crippen LogP contribution is -2.38. The van der Waals surface area contributed by atoms with Gasteiger partial charge in [-0.3, -0.25) is 4.67 Å². The summed E-state index contributed by atoms with van der Waals surface area (Å²) in [6.07, 6.45) is 0.0596. The van der Waals surface area contributed by atoms with Crippen molar-refractivity contribution in [1.29, 1.82) is 0 Å². The zero-order valence-corrected chi connectivity index (χ0v) is 17.0. The number of rotatable bonds is 5. The fraction of sp³-hybridized carbons (Fsp3) is 0.429. The Kier molecular flexibility index (Phi) is 6.12. The maximum Gasteiger partial charge on any atom is 0.140 e. The van der Waals surface area contributed by atoms with Gasteiger partial charge in [0.15, 0.2) is 0 Å². The minimum Gasteiger partial charge on any atom is -0.334 e. The third kappa shape index (κ3) is 4.23. The molecule has 0 radical (unpaired) electrons. The summed E-state index contributed by atoms with van der Waals surface area (Å²) in [7, 11) is 0. The van der Waals surface area contributed by atoms with E-state index in [4.69, 9.17) is 16.3 Å². The van der Waals surface area contributed by atoms with Crippen molar-refractivity contribution < 1.29 is 4.52 Å². The Balaban J connectivity index is 2.04. The molecule has 0 spiro atoms. The van der Waals surface area contributed by atoms with Crippen molar-refractivity contribution in [2.24, 2.45) is 0 Å². The fourth-order valence-electron chi connectivity index (χ4n) is 3.59. The first-order chi connectivity index (χ1) is 12.0. The molecule has 0 amide bonds. The average Bonchev–Trinajstić information content (AvgIpc) is 2.61. The summed E-state index contributed by atoms with van der Waals surface area (Å²) >= 11 is 6.35. The quantitative estimate of drug-likeness (QED) is 0.615. The van der Waals surface area contributed by atoms with E-state index in [0.29, 0.717) is 6.04 Å². The van der Waals surface area contributed by atoms with E-state index < -0.39 is 6.42 Å².